The first-order valence-corrected chi connectivity index (χ1v) is 10.1. The van der Waals surface area contributed by atoms with Gasteiger partial charge in [-0.15, -0.1) is 11.3 Å². The van der Waals surface area contributed by atoms with Crippen molar-refractivity contribution in [3.63, 3.8) is 0 Å². The minimum atomic E-state index is -0.730. The lowest BCUT2D eigenvalue weighted by Crippen LogP contribution is -2.37. The number of hydrogen-bond donors (Lipinski definition) is 2. The molecule has 1 aliphatic rings. The molecule has 2 N–H and O–H groups in total. The number of benzene rings is 1. The Balaban J connectivity index is 1.59. The van der Waals surface area contributed by atoms with Gasteiger partial charge >= 0.3 is 5.97 Å². The molecule has 0 spiro atoms. The Bertz CT molecular complexity index is 997. The highest BCUT2D eigenvalue weighted by Crippen LogP contribution is 2.32. The summed E-state index contributed by atoms with van der Waals surface area (Å²) in [7, 11) is 0. The van der Waals surface area contributed by atoms with Crippen molar-refractivity contribution in [2.75, 3.05) is 23.3 Å². The summed E-state index contributed by atoms with van der Waals surface area (Å²) in [6.07, 6.45) is 1.19. The van der Waals surface area contributed by atoms with E-state index in [0.717, 1.165) is 27.2 Å². The lowest BCUT2D eigenvalue weighted by molar-refractivity contribution is -0.142. The summed E-state index contributed by atoms with van der Waals surface area (Å²) in [5.41, 5.74) is 2.07. The number of nitrogens with one attached hydrogen (secondary N) is 1. The van der Waals surface area contributed by atoms with Crippen LogP contribution in [-0.2, 0) is 11.3 Å². The maximum absolute atomic E-state index is 13.1. The summed E-state index contributed by atoms with van der Waals surface area (Å²) in [6, 6.07) is 6.39. The van der Waals surface area contributed by atoms with Crippen molar-refractivity contribution in [3.05, 3.63) is 46.6 Å². The topological polar surface area (TPSA) is 78.4 Å². The van der Waals surface area contributed by atoms with E-state index >= 15 is 0 Å². The predicted molar refractivity (Wildman–Crippen MR) is 108 cm³/mol. The molecule has 1 saturated heterocycles. The van der Waals surface area contributed by atoms with Crippen LogP contribution in [0.15, 0.2) is 29.6 Å². The molecular weight excluding hydrogens is 379 g/mol. The van der Waals surface area contributed by atoms with E-state index in [1.165, 1.54) is 12.1 Å². The molecule has 0 atom stereocenters. The number of thiophene rings is 1. The highest BCUT2D eigenvalue weighted by atomic mass is 32.1. The van der Waals surface area contributed by atoms with Crippen LogP contribution < -0.4 is 10.2 Å². The van der Waals surface area contributed by atoms with Crippen LogP contribution in [0.1, 0.15) is 24.0 Å². The van der Waals surface area contributed by atoms with Crippen LogP contribution in [0.4, 0.5) is 16.2 Å². The molecule has 0 aliphatic carbocycles. The fraction of sp³-hybridized carbons (Fsp3) is 0.350. The molecule has 28 heavy (non-hydrogen) atoms. The Morgan fingerprint density at radius 2 is 2.00 bits per heavy atom. The summed E-state index contributed by atoms with van der Waals surface area (Å²) < 4.78 is 13.1. The molecule has 3 heterocycles. The maximum Gasteiger partial charge on any atom is 0.306 e. The van der Waals surface area contributed by atoms with Gasteiger partial charge in [0.05, 0.1) is 11.3 Å². The number of carbonyl (C=O) groups is 1. The zero-order valence-corrected chi connectivity index (χ0v) is 16.3. The van der Waals surface area contributed by atoms with E-state index in [1.54, 1.807) is 23.5 Å². The van der Waals surface area contributed by atoms with E-state index in [-0.39, 0.29) is 11.7 Å². The highest BCUT2D eigenvalue weighted by molar-refractivity contribution is 7.17. The van der Waals surface area contributed by atoms with Gasteiger partial charge in [-0.3, -0.25) is 4.79 Å². The third kappa shape index (κ3) is 3.77. The molecule has 0 bridgehead atoms. The molecule has 3 aromatic rings. The van der Waals surface area contributed by atoms with Crippen molar-refractivity contribution in [1.82, 2.24) is 9.97 Å². The van der Waals surface area contributed by atoms with Gasteiger partial charge in [-0.2, -0.15) is 4.98 Å². The van der Waals surface area contributed by atoms with Gasteiger partial charge in [-0.1, -0.05) is 12.1 Å². The molecule has 6 nitrogen and oxygen atoms in total. The first kappa shape index (κ1) is 18.6. The van der Waals surface area contributed by atoms with Crippen molar-refractivity contribution in [2.24, 2.45) is 5.92 Å². The molecule has 2 aromatic heterocycles. The fourth-order valence-corrected chi connectivity index (χ4v) is 4.37. The van der Waals surface area contributed by atoms with E-state index in [0.29, 0.717) is 38.4 Å². The predicted octanol–water partition coefficient (Wildman–Crippen LogP) is 4.05. The number of carboxylic acid groups (broad SMARTS) is 1. The first-order chi connectivity index (χ1) is 13.5. The Kier molecular flexibility index (Phi) is 5.13. The molecule has 146 valence electrons. The average Bonchev–Trinajstić information content (AvgIpc) is 3.08. The van der Waals surface area contributed by atoms with E-state index < -0.39 is 5.97 Å². The molecular formula is C20H21FN4O2S. The van der Waals surface area contributed by atoms with E-state index in [2.05, 4.69) is 15.6 Å². The van der Waals surface area contributed by atoms with Gasteiger partial charge in [0, 0.05) is 19.6 Å². The van der Waals surface area contributed by atoms with Crippen molar-refractivity contribution >= 4 is 39.3 Å². The number of piperidine rings is 1. The van der Waals surface area contributed by atoms with Gasteiger partial charge in [0.1, 0.15) is 16.5 Å². The second-order valence-electron chi connectivity index (χ2n) is 7.05. The summed E-state index contributed by atoms with van der Waals surface area (Å²) in [5.74, 6) is 0.101. The van der Waals surface area contributed by atoms with Gasteiger partial charge in [-0.25, -0.2) is 9.37 Å². The summed E-state index contributed by atoms with van der Waals surface area (Å²) in [5, 5.41) is 15.6. The third-order valence-electron chi connectivity index (χ3n) is 5.11. The molecule has 1 aliphatic heterocycles. The number of aryl methyl sites for hydroxylation is 1. The van der Waals surface area contributed by atoms with Gasteiger partial charge in [0.15, 0.2) is 0 Å². The number of anilines is 2. The normalized spacial score (nSPS) is 15.1. The van der Waals surface area contributed by atoms with Crippen molar-refractivity contribution in [1.29, 1.82) is 0 Å². The molecule has 4 rings (SSSR count). The Hall–Kier alpha value is -2.74. The summed E-state index contributed by atoms with van der Waals surface area (Å²) in [6.45, 7) is 3.82. The average molecular weight is 400 g/mol. The van der Waals surface area contributed by atoms with Crippen LogP contribution >= 0.6 is 11.3 Å². The Morgan fingerprint density at radius 3 is 2.68 bits per heavy atom. The van der Waals surface area contributed by atoms with Crippen molar-refractivity contribution < 1.29 is 14.3 Å². The third-order valence-corrected chi connectivity index (χ3v) is 6.10. The van der Waals surface area contributed by atoms with E-state index in [4.69, 9.17) is 9.97 Å². The number of carboxylic acids is 1. The molecule has 0 unspecified atom stereocenters. The number of nitrogens with zero attached hydrogens (tertiary/aromatic N) is 3. The maximum atomic E-state index is 13.1. The van der Waals surface area contributed by atoms with Gasteiger partial charge in [0.25, 0.3) is 0 Å². The number of rotatable bonds is 5. The zero-order chi connectivity index (χ0) is 19.7. The number of aliphatic carboxylic acids is 1. The second kappa shape index (κ2) is 7.71. The summed E-state index contributed by atoms with van der Waals surface area (Å²) >= 11 is 1.57. The second-order valence-corrected chi connectivity index (χ2v) is 7.91. The molecule has 8 heteroatoms. The minimum Gasteiger partial charge on any atom is -0.481 e. The number of aromatic nitrogens is 2. The quantitative estimate of drug-likeness (QED) is 0.673. The largest absolute Gasteiger partial charge is 0.481 e. The smallest absolute Gasteiger partial charge is 0.306 e. The van der Waals surface area contributed by atoms with Gasteiger partial charge in [-0.05, 0) is 48.4 Å². The van der Waals surface area contributed by atoms with Crippen LogP contribution in [0.3, 0.4) is 0 Å². The van der Waals surface area contributed by atoms with E-state index in [1.807, 2.05) is 6.92 Å². The lowest BCUT2D eigenvalue weighted by atomic mass is 9.97. The molecule has 0 amide bonds. The Morgan fingerprint density at radius 1 is 1.29 bits per heavy atom. The zero-order valence-electron chi connectivity index (χ0n) is 15.5. The van der Waals surface area contributed by atoms with E-state index in [9.17, 15) is 14.3 Å². The van der Waals surface area contributed by atoms with Crippen molar-refractivity contribution in [3.8, 4) is 0 Å². The first-order valence-electron chi connectivity index (χ1n) is 9.23. The molecule has 0 saturated carbocycles. The van der Waals surface area contributed by atoms with Crippen LogP contribution in [0.2, 0.25) is 0 Å². The monoisotopic (exact) mass is 400 g/mol. The fourth-order valence-electron chi connectivity index (χ4n) is 3.46. The number of hydrogen-bond acceptors (Lipinski definition) is 6. The van der Waals surface area contributed by atoms with Crippen LogP contribution in [0.5, 0.6) is 0 Å². The van der Waals surface area contributed by atoms with Gasteiger partial charge in [0.2, 0.25) is 5.95 Å². The lowest BCUT2D eigenvalue weighted by Gasteiger charge is -2.30. The van der Waals surface area contributed by atoms with Gasteiger partial charge < -0.3 is 15.3 Å². The number of halogens is 1. The summed E-state index contributed by atoms with van der Waals surface area (Å²) in [4.78, 5) is 23.6. The molecule has 1 aromatic carbocycles. The SMILES string of the molecule is Cc1csc2nc(N3CCC(C(=O)O)CC3)nc(NCc3ccc(F)cc3)c12. The van der Waals surface area contributed by atoms with Crippen LogP contribution in [-0.4, -0.2) is 34.1 Å². The Labute approximate surface area is 166 Å². The van der Waals surface area contributed by atoms with Crippen molar-refractivity contribution in [2.45, 2.75) is 26.3 Å². The van der Waals surface area contributed by atoms with Crippen LogP contribution in [0, 0.1) is 18.7 Å². The minimum absolute atomic E-state index is 0.256. The molecule has 1 fully saturated rings. The standard InChI is InChI=1S/C20H21FN4O2S/c1-12-11-28-18-16(12)17(22-10-13-2-4-15(21)5-3-13)23-20(24-18)25-8-6-14(7-9-25)19(26)27/h2-5,11,14H,6-10H2,1H3,(H,26,27)(H,22,23,24). The molecule has 0 radical (unpaired) electrons. The van der Waals surface area contributed by atoms with Crippen LogP contribution in [0.25, 0.3) is 10.2 Å². The number of fused-ring (bicyclic) bond motifs is 1. The highest BCUT2D eigenvalue weighted by Gasteiger charge is 2.26.